The summed E-state index contributed by atoms with van der Waals surface area (Å²) < 4.78 is 6.02. The average Bonchev–Trinajstić information content (AvgIpc) is 2.70. The molecule has 0 fully saturated rings. The Hall–Kier alpha value is -2.22. The number of dihydropyridines is 1. The molecule has 5 rings (SSSR count). The molecule has 0 saturated carbocycles. The van der Waals surface area contributed by atoms with E-state index in [1.54, 1.807) is 0 Å². The zero-order valence-electron chi connectivity index (χ0n) is 9.66. The van der Waals surface area contributed by atoms with E-state index < -0.39 is 0 Å². The molecule has 2 aliphatic heterocycles. The van der Waals surface area contributed by atoms with Crippen LogP contribution in [0.4, 0.5) is 0 Å². The minimum atomic E-state index is -0.185. The van der Waals surface area contributed by atoms with Crippen molar-refractivity contribution in [3.8, 4) is 5.75 Å². The molecule has 0 saturated heterocycles. The van der Waals surface area contributed by atoms with Crippen LogP contribution in [-0.4, -0.2) is 0 Å². The molecule has 1 N–H and O–H groups in total. The summed E-state index contributed by atoms with van der Waals surface area (Å²) in [6, 6.07) is 7.35. The predicted octanol–water partition coefficient (Wildman–Crippen LogP) is 2.50. The largest absolute Gasteiger partial charge is 0.459 e. The van der Waals surface area contributed by atoms with Crippen molar-refractivity contribution in [3.63, 3.8) is 0 Å². The third-order valence-corrected chi connectivity index (χ3v) is 4.26. The first-order valence-electron chi connectivity index (χ1n) is 6.18. The van der Waals surface area contributed by atoms with E-state index in [2.05, 4.69) is 41.8 Å². The van der Waals surface area contributed by atoms with Crippen molar-refractivity contribution in [3.05, 3.63) is 76.9 Å². The van der Waals surface area contributed by atoms with Gasteiger partial charge in [0.1, 0.15) is 16.9 Å². The second kappa shape index (κ2) is 2.61. The Labute approximate surface area is 105 Å². The first kappa shape index (κ1) is 8.81. The van der Waals surface area contributed by atoms with Crippen LogP contribution in [0.15, 0.2) is 59.7 Å². The van der Waals surface area contributed by atoms with Crippen LogP contribution in [0.3, 0.4) is 0 Å². The van der Waals surface area contributed by atoms with Crippen LogP contribution in [0.5, 0.6) is 5.75 Å². The molecule has 85 valence electrons. The molecule has 2 aliphatic carbocycles. The van der Waals surface area contributed by atoms with Gasteiger partial charge in [0.05, 0.1) is 0 Å². The first-order chi connectivity index (χ1) is 8.89. The zero-order valence-corrected chi connectivity index (χ0v) is 9.66. The third kappa shape index (κ3) is 0.750. The standard InChI is InChI=1S/C16H10NO/c1-3-10-9-12-11-4-2-6-14-16(11,7-8-17-12)15(10)13(5-1)18-14/h1-4,6-8,17H,9H2. The van der Waals surface area contributed by atoms with Gasteiger partial charge >= 0.3 is 0 Å². The summed E-state index contributed by atoms with van der Waals surface area (Å²) >= 11 is 0. The molecule has 4 aliphatic rings. The van der Waals surface area contributed by atoms with Crippen LogP contribution in [-0.2, 0) is 11.8 Å². The number of hydrogen-bond acceptors (Lipinski definition) is 2. The number of benzene rings is 1. The molecule has 0 amide bonds. The Bertz CT molecular complexity index is 721. The van der Waals surface area contributed by atoms with Gasteiger partial charge < -0.3 is 10.1 Å². The molecular weight excluding hydrogens is 222 g/mol. The summed E-state index contributed by atoms with van der Waals surface area (Å²) in [5.41, 5.74) is 5.06. The van der Waals surface area contributed by atoms with Crippen molar-refractivity contribution >= 4 is 0 Å². The summed E-state index contributed by atoms with van der Waals surface area (Å²) in [5, 5.41) is 3.38. The van der Waals surface area contributed by atoms with E-state index in [1.807, 2.05) is 12.3 Å². The van der Waals surface area contributed by atoms with Gasteiger partial charge in [0.15, 0.2) is 0 Å². The second-order valence-electron chi connectivity index (χ2n) is 5.05. The van der Waals surface area contributed by atoms with Crippen LogP contribution < -0.4 is 10.1 Å². The van der Waals surface area contributed by atoms with Crippen molar-refractivity contribution < 1.29 is 4.74 Å². The lowest BCUT2D eigenvalue weighted by Crippen LogP contribution is -2.38. The normalized spacial score (nSPS) is 28.6. The SMILES string of the molecule is [c]1ccc2c3c1OC1=CC=CC4=C(C2)NC=CC143. The lowest BCUT2D eigenvalue weighted by Gasteiger charge is -2.39. The van der Waals surface area contributed by atoms with Gasteiger partial charge in [0, 0.05) is 23.7 Å². The maximum atomic E-state index is 6.02. The third-order valence-electron chi connectivity index (χ3n) is 4.26. The quantitative estimate of drug-likeness (QED) is 0.742. The highest BCUT2D eigenvalue weighted by Gasteiger charge is 2.52. The van der Waals surface area contributed by atoms with Crippen LogP contribution in [0.1, 0.15) is 11.1 Å². The maximum absolute atomic E-state index is 6.02. The van der Waals surface area contributed by atoms with E-state index in [0.717, 1.165) is 17.9 Å². The highest BCUT2D eigenvalue weighted by atomic mass is 16.5. The summed E-state index contributed by atoms with van der Waals surface area (Å²) in [7, 11) is 0. The average molecular weight is 232 g/mol. The molecule has 0 aromatic heterocycles. The molecule has 1 atom stereocenters. The monoisotopic (exact) mass is 232 g/mol. The van der Waals surface area contributed by atoms with E-state index in [1.165, 1.54) is 22.4 Å². The Morgan fingerprint density at radius 1 is 1.39 bits per heavy atom. The maximum Gasteiger partial charge on any atom is 0.140 e. The Morgan fingerprint density at radius 2 is 2.39 bits per heavy atom. The first-order valence-corrected chi connectivity index (χ1v) is 6.18. The van der Waals surface area contributed by atoms with Crippen molar-refractivity contribution in [2.45, 2.75) is 11.8 Å². The molecule has 2 heterocycles. The fourth-order valence-corrected chi connectivity index (χ4v) is 3.56. The topological polar surface area (TPSA) is 21.3 Å². The highest BCUT2D eigenvalue weighted by molar-refractivity contribution is 5.71. The van der Waals surface area contributed by atoms with E-state index in [-0.39, 0.29) is 5.41 Å². The highest BCUT2D eigenvalue weighted by Crippen LogP contribution is 2.57. The molecule has 18 heavy (non-hydrogen) atoms. The molecule has 1 radical (unpaired) electrons. The van der Waals surface area contributed by atoms with Gasteiger partial charge in [-0.3, -0.25) is 0 Å². The summed E-state index contributed by atoms with van der Waals surface area (Å²) in [4.78, 5) is 0. The number of hydrogen-bond donors (Lipinski definition) is 1. The number of allylic oxidation sites excluding steroid dienone is 5. The number of rotatable bonds is 0. The Balaban J connectivity index is 2.00. The van der Waals surface area contributed by atoms with Gasteiger partial charge in [-0.25, -0.2) is 0 Å². The summed E-state index contributed by atoms with van der Waals surface area (Å²) in [6.45, 7) is 0. The van der Waals surface area contributed by atoms with Crippen molar-refractivity contribution in [1.29, 1.82) is 0 Å². The number of ether oxygens (including phenoxy) is 1. The van der Waals surface area contributed by atoms with Crippen LogP contribution in [0, 0.1) is 6.07 Å². The van der Waals surface area contributed by atoms with E-state index in [9.17, 15) is 0 Å². The van der Waals surface area contributed by atoms with Gasteiger partial charge in [0.25, 0.3) is 0 Å². The van der Waals surface area contributed by atoms with Crippen molar-refractivity contribution in [1.82, 2.24) is 5.32 Å². The van der Waals surface area contributed by atoms with Gasteiger partial charge in [-0.1, -0.05) is 24.3 Å². The molecular formula is C16H10NO. The number of nitrogens with one attached hydrogen (secondary N) is 1. The van der Waals surface area contributed by atoms with E-state index >= 15 is 0 Å². The smallest absolute Gasteiger partial charge is 0.140 e. The molecule has 2 bridgehead atoms. The fourth-order valence-electron chi connectivity index (χ4n) is 3.56. The fraction of sp³-hybridized carbons (Fsp3) is 0.125. The minimum absolute atomic E-state index is 0.185. The van der Waals surface area contributed by atoms with E-state index in [0.29, 0.717) is 0 Å². The molecule has 1 unspecified atom stereocenters. The van der Waals surface area contributed by atoms with Gasteiger partial charge in [-0.2, -0.15) is 0 Å². The zero-order chi connectivity index (χ0) is 11.7. The predicted molar refractivity (Wildman–Crippen MR) is 67.8 cm³/mol. The molecule has 1 aromatic rings. The van der Waals surface area contributed by atoms with Crippen LogP contribution in [0.25, 0.3) is 0 Å². The summed E-state index contributed by atoms with van der Waals surface area (Å²) in [5.74, 6) is 1.90. The lowest BCUT2D eigenvalue weighted by atomic mass is 9.65. The molecule has 1 aromatic carbocycles. The molecule has 2 heteroatoms. The lowest BCUT2D eigenvalue weighted by molar-refractivity contribution is 0.410. The second-order valence-corrected chi connectivity index (χ2v) is 5.05. The minimum Gasteiger partial charge on any atom is -0.459 e. The van der Waals surface area contributed by atoms with Gasteiger partial charge in [-0.05, 0) is 29.5 Å². The van der Waals surface area contributed by atoms with Gasteiger partial charge in [0.2, 0.25) is 0 Å². The van der Waals surface area contributed by atoms with Crippen molar-refractivity contribution in [2.24, 2.45) is 0 Å². The van der Waals surface area contributed by atoms with Crippen LogP contribution >= 0.6 is 0 Å². The summed E-state index contributed by atoms with van der Waals surface area (Å²) in [6.07, 6.45) is 11.5. The van der Waals surface area contributed by atoms with E-state index in [4.69, 9.17) is 4.74 Å². The molecule has 2 nitrogen and oxygen atoms in total. The van der Waals surface area contributed by atoms with Crippen molar-refractivity contribution in [2.75, 3.05) is 0 Å². The van der Waals surface area contributed by atoms with Crippen LogP contribution in [0.2, 0.25) is 0 Å². The molecule has 1 spiro atoms. The Morgan fingerprint density at radius 3 is 3.39 bits per heavy atom. The Kier molecular flexibility index (Phi) is 1.28. The van der Waals surface area contributed by atoms with Gasteiger partial charge in [-0.15, -0.1) is 0 Å².